The molecule has 0 radical (unpaired) electrons. The second kappa shape index (κ2) is 16.1. The molecule has 0 saturated carbocycles. The van der Waals surface area contributed by atoms with Crippen LogP contribution in [0.4, 0.5) is 0 Å². The van der Waals surface area contributed by atoms with E-state index in [-0.39, 0.29) is 0 Å². The molecule has 0 fully saturated rings. The van der Waals surface area contributed by atoms with E-state index in [1.54, 1.807) is 0 Å². The van der Waals surface area contributed by atoms with Gasteiger partial charge in [-0.1, -0.05) is 194 Å². The molecule has 3 nitrogen and oxygen atoms in total. The third-order valence-corrected chi connectivity index (χ3v) is 19.4. The Morgan fingerprint density at radius 3 is 1.19 bits per heavy atom. The Kier molecular flexibility index (Phi) is 9.23. The van der Waals surface area contributed by atoms with Crippen LogP contribution in [0.5, 0.6) is 0 Å². The Labute approximate surface area is 406 Å². The van der Waals surface area contributed by atoms with E-state index in [1.165, 1.54) is 70.0 Å². The van der Waals surface area contributed by atoms with E-state index in [2.05, 4.69) is 276 Å². The fourth-order valence-corrected chi connectivity index (χ4v) is 16.3. The lowest BCUT2D eigenvalue weighted by molar-refractivity contribution is 0.669. The highest BCUT2D eigenvalue weighted by Gasteiger charge is 2.28. The lowest BCUT2D eigenvalue weighted by Crippen LogP contribution is -2.74. The van der Waals surface area contributed by atoms with Crippen molar-refractivity contribution in [3.63, 3.8) is 0 Å². The third-order valence-electron chi connectivity index (χ3n) is 14.7. The van der Waals surface area contributed by atoms with Crippen LogP contribution >= 0.6 is 0 Å². The summed E-state index contributed by atoms with van der Waals surface area (Å²) in [5.74, 6) is 0. The Bertz CT molecular complexity index is 4150. The van der Waals surface area contributed by atoms with Crippen LogP contribution in [-0.2, 0) is 0 Å². The van der Waals surface area contributed by atoms with Gasteiger partial charge < -0.3 is 13.6 Å². The van der Waals surface area contributed by atoms with E-state index in [0.717, 1.165) is 50.0 Å². The second-order valence-electron chi connectivity index (χ2n) is 18.4. The van der Waals surface area contributed by atoms with Gasteiger partial charge in [0.05, 0.1) is 22.1 Å². The average molecular weight is 909 g/mol. The number of nitrogens with zero attached hydrogens (tertiary/aromatic N) is 2. The first-order chi connectivity index (χ1) is 34.7. The Morgan fingerprint density at radius 1 is 0.243 bits per heavy atom. The first-order valence-corrected chi connectivity index (χ1v) is 26.1. The van der Waals surface area contributed by atoms with Crippen LogP contribution < -0.4 is 20.7 Å². The summed E-state index contributed by atoms with van der Waals surface area (Å²) in [4.78, 5) is 0. The molecule has 14 aromatic rings. The molecule has 70 heavy (non-hydrogen) atoms. The molecule has 0 aliphatic carbocycles. The van der Waals surface area contributed by atoms with Gasteiger partial charge in [0.25, 0.3) is 0 Å². The molecular weight excluding hydrogens is 865 g/mol. The van der Waals surface area contributed by atoms with Gasteiger partial charge in [-0.25, -0.2) is 0 Å². The maximum atomic E-state index is 6.56. The van der Waals surface area contributed by atoms with E-state index in [4.69, 9.17) is 4.42 Å². The summed E-state index contributed by atoms with van der Waals surface area (Å²) in [6, 6.07) is 98.2. The lowest BCUT2D eigenvalue weighted by Gasteiger charge is -2.47. The first-order valence-electron chi connectivity index (χ1n) is 24.1. The van der Waals surface area contributed by atoms with E-state index < -0.39 is 8.07 Å². The molecular formula is C66H44N2OSi-. The number of fused-ring (bicyclic) bond motifs is 9. The minimum atomic E-state index is -2.69. The van der Waals surface area contributed by atoms with Gasteiger partial charge in [0, 0.05) is 43.7 Å². The van der Waals surface area contributed by atoms with Crippen molar-refractivity contribution < 1.29 is 4.42 Å². The Balaban J connectivity index is 0.870. The van der Waals surface area contributed by atoms with Crippen LogP contribution in [0.15, 0.2) is 271 Å². The molecule has 14 rings (SSSR count). The topological polar surface area (TPSA) is 23.0 Å². The number of hydrogen-bond donors (Lipinski definition) is 0. The molecule has 3 aromatic heterocycles. The van der Waals surface area contributed by atoms with Crippen LogP contribution in [0, 0.1) is 0 Å². The van der Waals surface area contributed by atoms with Crippen molar-refractivity contribution >= 4 is 94.4 Å². The van der Waals surface area contributed by atoms with Crippen LogP contribution in [0.3, 0.4) is 0 Å². The largest absolute Gasteiger partial charge is 0.456 e. The zero-order valence-electron chi connectivity index (χ0n) is 38.2. The normalized spacial score (nSPS) is 12.0. The summed E-state index contributed by atoms with van der Waals surface area (Å²) in [7, 11) is -2.69. The molecule has 0 atom stereocenters. The second-order valence-corrected chi connectivity index (χ2v) is 22.2. The molecule has 0 aliphatic rings. The monoisotopic (exact) mass is 908 g/mol. The smallest absolute Gasteiger partial charge is 0.135 e. The van der Waals surface area contributed by atoms with Crippen molar-refractivity contribution in [1.82, 2.24) is 9.13 Å². The Hall–Kier alpha value is -8.96. The highest BCUT2D eigenvalue weighted by Crippen LogP contribution is 2.39. The van der Waals surface area contributed by atoms with Crippen molar-refractivity contribution in [3.05, 3.63) is 267 Å². The minimum absolute atomic E-state index is 0.874. The molecule has 11 aromatic carbocycles. The number of para-hydroxylation sites is 3. The van der Waals surface area contributed by atoms with Crippen LogP contribution in [0.1, 0.15) is 0 Å². The molecule has 0 amide bonds. The molecule has 0 N–H and O–H groups in total. The fourth-order valence-electron chi connectivity index (χ4n) is 11.5. The number of aromatic nitrogens is 2. The van der Waals surface area contributed by atoms with Gasteiger partial charge in [0.1, 0.15) is 11.2 Å². The summed E-state index contributed by atoms with van der Waals surface area (Å²) in [5.41, 5.74) is 13.4. The maximum Gasteiger partial charge on any atom is 0.135 e. The van der Waals surface area contributed by atoms with Crippen molar-refractivity contribution in [1.29, 1.82) is 0 Å². The van der Waals surface area contributed by atoms with E-state index in [9.17, 15) is 0 Å². The number of benzene rings is 11. The van der Waals surface area contributed by atoms with Gasteiger partial charge in [0.15, 0.2) is 0 Å². The maximum absolute atomic E-state index is 6.56. The van der Waals surface area contributed by atoms with E-state index >= 15 is 0 Å². The molecule has 0 spiro atoms. The minimum Gasteiger partial charge on any atom is -0.456 e. The van der Waals surface area contributed by atoms with Gasteiger partial charge in [-0.2, -0.15) is 20.7 Å². The Morgan fingerprint density at radius 2 is 0.629 bits per heavy atom. The van der Waals surface area contributed by atoms with Gasteiger partial charge in [-0.05, 0) is 103 Å². The molecule has 0 unspecified atom stereocenters. The summed E-state index contributed by atoms with van der Waals surface area (Å²) in [6.07, 6.45) is 0. The van der Waals surface area contributed by atoms with E-state index in [0.29, 0.717) is 0 Å². The van der Waals surface area contributed by atoms with E-state index in [1.807, 2.05) is 0 Å². The van der Waals surface area contributed by atoms with Crippen LogP contribution in [0.2, 0.25) is 0 Å². The summed E-state index contributed by atoms with van der Waals surface area (Å²) < 4.78 is 11.4. The molecule has 329 valence electrons. The SMILES string of the molecule is c1ccc([Si-](c2ccccc2)(c2ccccc2)c2cccc(-c3cccc(-c4ccc5oc6ccc(-n7c8ccccc8c8cc(-n9c%10ccccc%10c%10ccccc%109)ccc87)cc6c5c4)c3)c2)cc1. The van der Waals surface area contributed by atoms with Gasteiger partial charge in [-0.15, -0.1) is 0 Å². The van der Waals surface area contributed by atoms with Gasteiger partial charge in [0.2, 0.25) is 0 Å². The number of furan rings is 1. The molecule has 4 heteroatoms. The van der Waals surface area contributed by atoms with Crippen LogP contribution in [0.25, 0.3) is 99.2 Å². The van der Waals surface area contributed by atoms with Gasteiger partial charge in [-0.3, -0.25) is 0 Å². The standard InChI is InChI=1S/C66H44N2OSi/c1-4-21-51(22-5-1)70(52-23-6-2-7-24-52,53-25-8-3-9-26-53)54-27-17-20-47(41-54)45-18-16-19-46(40-45)48-34-38-65-59(42-48)60-44-50(36-39-66(60)69-65)68-63-33-15-12-30-57(63)58-43-49(35-37-64(58)68)67-61-31-13-10-28-55(61)56-29-11-14-32-62(56)67/h1-44H/q-1. The molecule has 0 bridgehead atoms. The fraction of sp³-hybridized carbons (Fsp3) is 0. The van der Waals surface area contributed by atoms with Crippen molar-refractivity contribution in [3.8, 4) is 33.6 Å². The number of rotatable bonds is 8. The van der Waals surface area contributed by atoms with Crippen molar-refractivity contribution in [2.24, 2.45) is 0 Å². The van der Waals surface area contributed by atoms with Crippen molar-refractivity contribution in [2.75, 3.05) is 0 Å². The highest BCUT2D eigenvalue weighted by atomic mass is 28.3. The molecule has 3 heterocycles. The molecule has 0 saturated heterocycles. The third kappa shape index (κ3) is 6.20. The van der Waals surface area contributed by atoms with Gasteiger partial charge >= 0.3 is 0 Å². The molecule has 0 aliphatic heterocycles. The van der Waals surface area contributed by atoms with Crippen LogP contribution in [-0.4, -0.2) is 17.2 Å². The quantitative estimate of drug-likeness (QED) is 0.110. The first kappa shape index (κ1) is 40.1. The predicted octanol–water partition coefficient (Wildman–Crippen LogP) is 14.5. The highest BCUT2D eigenvalue weighted by molar-refractivity contribution is 7.19. The summed E-state index contributed by atoms with van der Waals surface area (Å²) in [5, 5.41) is 12.6. The average Bonchev–Trinajstić information content (AvgIpc) is 4.09. The zero-order valence-corrected chi connectivity index (χ0v) is 39.2. The zero-order chi connectivity index (χ0) is 46.2. The van der Waals surface area contributed by atoms with Crippen molar-refractivity contribution in [2.45, 2.75) is 0 Å². The predicted molar refractivity (Wildman–Crippen MR) is 297 cm³/mol. The number of hydrogen-bond acceptors (Lipinski definition) is 1. The summed E-state index contributed by atoms with van der Waals surface area (Å²) in [6.45, 7) is 0. The lowest BCUT2D eigenvalue weighted by atomic mass is 9.98. The summed E-state index contributed by atoms with van der Waals surface area (Å²) >= 11 is 0.